The van der Waals surface area contributed by atoms with Crippen molar-refractivity contribution in [3.8, 4) is 0 Å². The van der Waals surface area contributed by atoms with Gasteiger partial charge in [0.2, 0.25) is 0 Å². The van der Waals surface area contributed by atoms with Gasteiger partial charge in [0, 0.05) is 11.3 Å². The molecule has 2 N–H and O–H groups in total. The molecule has 0 aromatic rings. The van der Waals surface area contributed by atoms with Crippen LogP contribution >= 0.6 is 11.8 Å². The van der Waals surface area contributed by atoms with Crippen LogP contribution in [0.1, 0.15) is 46.0 Å². The largest absolute Gasteiger partial charge is 0.328 e. The van der Waals surface area contributed by atoms with Gasteiger partial charge in [0.05, 0.1) is 0 Å². The third kappa shape index (κ3) is 3.82. The zero-order chi connectivity index (χ0) is 10.6. The maximum absolute atomic E-state index is 5.93. The molecule has 0 radical (unpaired) electrons. The van der Waals surface area contributed by atoms with Crippen LogP contribution in [0.4, 0.5) is 0 Å². The zero-order valence-corrected chi connectivity index (χ0v) is 10.6. The second-order valence-electron chi connectivity index (χ2n) is 5.08. The molecule has 14 heavy (non-hydrogen) atoms. The van der Waals surface area contributed by atoms with E-state index < -0.39 is 0 Å². The molecule has 1 rings (SSSR count). The molecule has 84 valence electrons. The SMILES string of the molecule is CSC(CC(C)C)C1CCC(N)CC1. The Kier molecular flexibility index (Phi) is 5.32. The van der Waals surface area contributed by atoms with Gasteiger partial charge in [-0.05, 0) is 50.2 Å². The predicted octanol–water partition coefficient (Wildman–Crippen LogP) is 3.28. The molecule has 0 spiro atoms. The first kappa shape index (κ1) is 12.4. The summed E-state index contributed by atoms with van der Waals surface area (Å²) in [6.07, 6.45) is 8.86. The van der Waals surface area contributed by atoms with Crippen LogP contribution in [0.25, 0.3) is 0 Å². The van der Waals surface area contributed by atoms with Gasteiger partial charge in [-0.3, -0.25) is 0 Å². The van der Waals surface area contributed by atoms with E-state index in [-0.39, 0.29) is 0 Å². The van der Waals surface area contributed by atoms with Crippen LogP contribution in [0.3, 0.4) is 0 Å². The van der Waals surface area contributed by atoms with Gasteiger partial charge in [0.15, 0.2) is 0 Å². The molecule has 0 amide bonds. The van der Waals surface area contributed by atoms with Gasteiger partial charge < -0.3 is 5.73 Å². The molecule has 0 aromatic heterocycles. The Bertz CT molecular complexity index is 150. The van der Waals surface area contributed by atoms with Crippen molar-refractivity contribution in [3.05, 3.63) is 0 Å². The summed E-state index contributed by atoms with van der Waals surface area (Å²) in [5.41, 5.74) is 5.93. The molecular formula is C12H25NS. The Balaban J connectivity index is 2.36. The normalized spacial score (nSPS) is 30.6. The van der Waals surface area contributed by atoms with Crippen molar-refractivity contribution in [3.63, 3.8) is 0 Å². The molecule has 1 fully saturated rings. The van der Waals surface area contributed by atoms with E-state index in [1.165, 1.54) is 32.1 Å². The third-order valence-electron chi connectivity index (χ3n) is 3.35. The zero-order valence-electron chi connectivity index (χ0n) is 9.83. The fraction of sp³-hybridized carbons (Fsp3) is 1.00. The minimum Gasteiger partial charge on any atom is -0.328 e. The summed E-state index contributed by atoms with van der Waals surface area (Å²) in [5.74, 6) is 1.77. The topological polar surface area (TPSA) is 26.0 Å². The molecule has 1 aliphatic rings. The smallest absolute Gasteiger partial charge is 0.00750 e. The van der Waals surface area contributed by atoms with Crippen molar-refractivity contribution < 1.29 is 0 Å². The van der Waals surface area contributed by atoms with E-state index in [1.54, 1.807) is 0 Å². The lowest BCUT2D eigenvalue weighted by Gasteiger charge is -2.32. The Hall–Kier alpha value is 0.310. The number of hydrogen-bond donors (Lipinski definition) is 1. The van der Waals surface area contributed by atoms with Gasteiger partial charge in [0.25, 0.3) is 0 Å². The minimum absolute atomic E-state index is 0.493. The molecular weight excluding hydrogens is 190 g/mol. The van der Waals surface area contributed by atoms with Crippen LogP contribution in [0, 0.1) is 11.8 Å². The molecule has 0 aliphatic heterocycles. The highest BCUT2D eigenvalue weighted by molar-refractivity contribution is 7.99. The molecule has 0 heterocycles. The summed E-state index contributed by atoms with van der Waals surface area (Å²) in [6, 6.07) is 0.493. The molecule has 0 bridgehead atoms. The summed E-state index contributed by atoms with van der Waals surface area (Å²) < 4.78 is 0. The van der Waals surface area contributed by atoms with Crippen molar-refractivity contribution in [2.24, 2.45) is 17.6 Å². The van der Waals surface area contributed by atoms with E-state index in [2.05, 4.69) is 31.9 Å². The lowest BCUT2D eigenvalue weighted by Crippen LogP contribution is -2.31. The van der Waals surface area contributed by atoms with Crippen molar-refractivity contribution in [1.82, 2.24) is 0 Å². The molecule has 0 aromatic carbocycles. The average molecular weight is 215 g/mol. The molecule has 1 atom stereocenters. The maximum Gasteiger partial charge on any atom is 0.00750 e. The monoisotopic (exact) mass is 215 g/mol. The van der Waals surface area contributed by atoms with Crippen molar-refractivity contribution >= 4 is 11.8 Å². The lowest BCUT2D eigenvalue weighted by atomic mass is 9.82. The van der Waals surface area contributed by atoms with Gasteiger partial charge in [-0.25, -0.2) is 0 Å². The third-order valence-corrected chi connectivity index (χ3v) is 4.53. The molecule has 1 unspecified atom stereocenters. The fourth-order valence-corrected chi connectivity index (χ4v) is 3.70. The Morgan fingerprint density at radius 1 is 1.21 bits per heavy atom. The first-order valence-electron chi connectivity index (χ1n) is 5.91. The number of hydrogen-bond acceptors (Lipinski definition) is 2. The number of thioether (sulfide) groups is 1. The number of rotatable bonds is 4. The second kappa shape index (κ2) is 6.02. The van der Waals surface area contributed by atoms with Crippen LogP contribution in [-0.2, 0) is 0 Å². The van der Waals surface area contributed by atoms with Gasteiger partial charge in [0.1, 0.15) is 0 Å². The van der Waals surface area contributed by atoms with Gasteiger partial charge in [-0.2, -0.15) is 11.8 Å². The molecule has 1 nitrogen and oxygen atoms in total. The maximum atomic E-state index is 5.93. The van der Waals surface area contributed by atoms with Crippen LogP contribution in [0.2, 0.25) is 0 Å². The van der Waals surface area contributed by atoms with Gasteiger partial charge in [-0.1, -0.05) is 13.8 Å². The van der Waals surface area contributed by atoms with E-state index in [0.717, 1.165) is 17.1 Å². The van der Waals surface area contributed by atoms with Gasteiger partial charge in [-0.15, -0.1) is 0 Å². The van der Waals surface area contributed by atoms with Crippen molar-refractivity contribution in [1.29, 1.82) is 0 Å². The Labute approximate surface area is 93.2 Å². The van der Waals surface area contributed by atoms with Crippen molar-refractivity contribution in [2.45, 2.75) is 57.2 Å². The quantitative estimate of drug-likeness (QED) is 0.779. The first-order valence-corrected chi connectivity index (χ1v) is 7.20. The number of nitrogens with two attached hydrogens (primary N) is 1. The van der Waals surface area contributed by atoms with Crippen LogP contribution in [0.15, 0.2) is 0 Å². The summed E-state index contributed by atoms with van der Waals surface area (Å²) in [7, 11) is 0. The molecule has 1 aliphatic carbocycles. The second-order valence-corrected chi connectivity index (χ2v) is 6.16. The molecule has 2 heteroatoms. The van der Waals surface area contributed by atoms with E-state index in [0.29, 0.717) is 6.04 Å². The predicted molar refractivity (Wildman–Crippen MR) is 66.7 cm³/mol. The van der Waals surface area contributed by atoms with E-state index in [1.807, 2.05) is 0 Å². The van der Waals surface area contributed by atoms with Crippen molar-refractivity contribution in [2.75, 3.05) is 6.26 Å². The summed E-state index contributed by atoms with van der Waals surface area (Å²) >= 11 is 2.07. The Morgan fingerprint density at radius 3 is 2.21 bits per heavy atom. The van der Waals surface area contributed by atoms with Gasteiger partial charge >= 0.3 is 0 Å². The highest BCUT2D eigenvalue weighted by atomic mass is 32.2. The Morgan fingerprint density at radius 2 is 1.79 bits per heavy atom. The van der Waals surface area contributed by atoms with Crippen LogP contribution < -0.4 is 5.73 Å². The minimum atomic E-state index is 0.493. The summed E-state index contributed by atoms with van der Waals surface area (Å²) in [5, 5.41) is 0.877. The van der Waals surface area contributed by atoms with E-state index in [4.69, 9.17) is 5.73 Å². The molecule has 1 saturated carbocycles. The van der Waals surface area contributed by atoms with E-state index >= 15 is 0 Å². The summed E-state index contributed by atoms with van der Waals surface area (Å²) in [6.45, 7) is 4.66. The standard InChI is InChI=1S/C12H25NS/c1-9(2)8-12(14-3)10-4-6-11(13)7-5-10/h9-12H,4-8,13H2,1-3H3. The fourth-order valence-electron chi connectivity index (χ4n) is 2.46. The highest BCUT2D eigenvalue weighted by Gasteiger charge is 2.25. The highest BCUT2D eigenvalue weighted by Crippen LogP contribution is 2.34. The van der Waals surface area contributed by atoms with Crippen LogP contribution in [0.5, 0.6) is 0 Å². The lowest BCUT2D eigenvalue weighted by molar-refractivity contribution is 0.302. The average Bonchev–Trinajstić information content (AvgIpc) is 2.15. The van der Waals surface area contributed by atoms with Crippen LogP contribution in [-0.4, -0.2) is 17.5 Å². The summed E-state index contributed by atoms with van der Waals surface area (Å²) in [4.78, 5) is 0. The first-order chi connectivity index (χ1) is 6.63. The van der Waals surface area contributed by atoms with E-state index in [9.17, 15) is 0 Å². The molecule has 0 saturated heterocycles.